The second-order valence-corrected chi connectivity index (χ2v) is 5.60. The van der Waals surface area contributed by atoms with E-state index in [0.29, 0.717) is 34.7 Å². The number of fused-ring (bicyclic) bond motifs is 1. The first-order valence-electron chi connectivity index (χ1n) is 7.31. The van der Waals surface area contributed by atoms with Crippen LogP contribution in [0.5, 0.6) is 5.75 Å². The van der Waals surface area contributed by atoms with Crippen LogP contribution in [0.3, 0.4) is 0 Å². The van der Waals surface area contributed by atoms with E-state index in [-0.39, 0.29) is 11.6 Å². The first-order valence-corrected chi connectivity index (χ1v) is 8.53. The molecule has 0 aliphatic rings. The lowest BCUT2D eigenvalue weighted by molar-refractivity contribution is 0.101. The van der Waals surface area contributed by atoms with Gasteiger partial charge in [-0.3, -0.25) is 4.79 Å². The van der Waals surface area contributed by atoms with Gasteiger partial charge in [0.15, 0.2) is 5.69 Å². The lowest BCUT2D eigenvalue weighted by atomic mass is 10.2. The Bertz CT molecular complexity index is 895. The van der Waals surface area contributed by atoms with Crippen molar-refractivity contribution >= 4 is 29.1 Å². The van der Waals surface area contributed by atoms with E-state index in [2.05, 4.69) is 25.6 Å². The number of benzene rings is 1. The number of nitrogens with zero attached hydrogens (tertiary/aromatic N) is 5. The minimum atomic E-state index is -0.379. The van der Waals surface area contributed by atoms with Crippen molar-refractivity contribution in [1.82, 2.24) is 24.8 Å². The van der Waals surface area contributed by atoms with Crippen LogP contribution in [0.1, 0.15) is 23.1 Å². The Morgan fingerprint density at radius 1 is 1.33 bits per heavy atom. The molecule has 0 radical (unpaired) electrons. The molecule has 0 unspecified atom stereocenters. The summed E-state index contributed by atoms with van der Waals surface area (Å²) in [6.07, 6.45) is 1.87. The zero-order valence-corrected chi connectivity index (χ0v) is 14.3. The number of hydrogen-bond donors (Lipinski definition) is 1. The molecule has 3 aromatic rings. The number of carbonyl (C=O) groups excluding carboxylic acids is 1. The van der Waals surface area contributed by atoms with E-state index in [1.54, 1.807) is 19.1 Å². The minimum Gasteiger partial charge on any atom is -0.492 e. The van der Waals surface area contributed by atoms with Gasteiger partial charge in [0.05, 0.1) is 18.0 Å². The molecule has 24 heavy (non-hydrogen) atoms. The zero-order chi connectivity index (χ0) is 17.1. The van der Waals surface area contributed by atoms with Gasteiger partial charge in [-0.05, 0) is 32.2 Å². The highest BCUT2D eigenvalue weighted by atomic mass is 32.2. The number of aryl methyl sites for hydroxylation is 1. The lowest BCUT2D eigenvalue weighted by Crippen LogP contribution is -2.19. The molecule has 0 aliphatic carbocycles. The maximum absolute atomic E-state index is 12.6. The summed E-state index contributed by atoms with van der Waals surface area (Å²) in [4.78, 5) is 16.8. The second-order valence-electron chi connectivity index (χ2n) is 4.83. The SMILES string of the molecule is CCOc1ccccc1NC(=O)c1nnc2nc(SC)nn2c1C. The third-order valence-electron chi connectivity index (χ3n) is 3.30. The zero-order valence-electron chi connectivity index (χ0n) is 13.5. The average Bonchev–Trinajstić information content (AvgIpc) is 3.01. The van der Waals surface area contributed by atoms with Crippen molar-refractivity contribution in [3.8, 4) is 5.75 Å². The molecule has 1 amide bonds. The summed E-state index contributed by atoms with van der Waals surface area (Å²) in [6.45, 7) is 4.15. The number of thioether (sulfide) groups is 1. The van der Waals surface area contributed by atoms with Gasteiger partial charge in [-0.1, -0.05) is 23.9 Å². The average molecular weight is 344 g/mol. The van der Waals surface area contributed by atoms with Gasteiger partial charge in [-0.25, -0.2) is 0 Å². The first kappa shape index (κ1) is 16.2. The minimum absolute atomic E-state index is 0.186. The van der Waals surface area contributed by atoms with Gasteiger partial charge in [0.2, 0.25) is 5.16 Å². The number of nitrogens with one attached hydrogen (secondary N) is 1. The van der Waals surface area contributed by atoms with Crippen molar-refractivity contribution in [1.29, 1.82) is 0 Å². The van der Waals surface area contributed by atoms with Crippen molar-refractivity contribution in [2.45, 2.75) is 19.0 Å². The molecule has 0 bridgehead atoms. The molecule has 0 fully saturated rings. The van der Waals surface area contributed by atoms with E-state index >= 15 is 0 Å². The van der Waals surface area contributed by atoms with Gasteiger partial charge in [0.1, 0.15) is 5.75 Å². The maximum Gasteiger partial charge on any atom is 0.278 e. The van der Waals surface area contributed by atoms with E-state index in [4.69, 9.17) is 4.74 Å². The number of para-hydroxylation sites is 2. The number of anilines is 1. The molecular weight excluding hydrogens is 328 g/mol. The molecule has 0 atom stereocenters. The van der Waals surface area contributed by atoms with E-state index in [0.717, 1.165) is 0 Å². The number of rotatable bonds is 5. The van der Waals surface area contributed by atoms with Crippen LogP contribution in [0.15, 0.2) is 29.4 Å². The van der Waals surface area contributed by atoms with Gasteiger partial charge in [-0.2, -0.15) is 9.50 Å². The topological polar surface area (TPSA) is 94.3 Å². The molecule has 0 saturated carbocycles. The predicted molar refractivity (Wildman–Crippen MR) is 90.7 cm³/mol. The largest absolute Gasteiger partial charge is 0.492 e. The van der Waals surface area contributed by atoms with Gasteiger partial charge >= 0.3 is 0 Å². The highest BCUT2D eigenvalue weighted by molar-refractivity contribution is 7.98. The van der Waals surface area contributed by atoms with Crippen LogP contribution in [0.4, 0.5) is 5.69 Å². The Labute approximate surface area is 142 Å². The van der Waals surface area contributed by atoms with Gasteiger partial charge < -0.3 is 10.1 Å². The van der Waals surface area contributed by atoms with E-state index in [1.165, 1.54) is 16.3 Å². The normalized spacial score (nSPS) is 10.8. The Morgan fingerprint density at radius 2 is 2.12 bits per heavy atom. The lowest BCUT2D eigenvalue weighted by Gasteiger charge is -2.11. The fourth-order valence-corrected chi connectivity index (χ4v) is 2.51. The number of hydrogen-bond acceptors (Lipinski definition) is 7. The summed E-state index contributed by atoms with van der Waals surface area (Å²) in [5.74, 6) is 0.587. The molecule has 9 heteroatoms. The quantitative estimate of drug-likeness (QED) is 0.709. The summed E-state index contributed by atoms with van der Waals surface area (Å²) in [5.41, 5.74) is 1.33. The van der Waals surface area contributed by atoms with Crippen LogP contribution in [0.2, 0.25) is 0 Å². The van der Waals surface area contributed by atoms with Crippen LogP contribution < -0.4 is 10.1 Å². The van der Waals surface area contributed by atoms with Crippen molar-refractivity contribution in [3.05, 3.63) is 35.7 Å². The molecule has 0 spiro atoms. The summed E-state index contributed by atoms with van der Waals surface area (Å²) < 4.78 is 7.03. The Balaban J connectivity index is 1.93. The molecule has 124 valence electrons. The fourth-order valence-electron chi connectivity index (χ4n) is 2.17. The number of aromatic nitrogens is 5. The molecule has 8 nitrogen and oxygen atoms in total. The summed E-state index contributed by atoms with van der Waals surface area (Å²) in [5, 5.41) is 15.6. The van der Waals surface area contributed by atoms with E-state index < -0.39 is 0 Å². The number of ether oxygens (including phenoxy) is 1. The fraction of sp³-hybridized carbons (Fsp3) is 0.267. The van der Waals surface area contributed by atoms with Crippen molar-refractivity contribution < 1.29 is 9.53 Å². The molecule has 0 aliphatic heterocycles. The summed E-state index contributed by atoms with van der Waals surface area (Å²) >= 11 is 1.40. The van der Waals surface area contributed by atoms with Crippen molar-refractivity contribution in [3.63, 3.8) is 0 Å². The van der Waals surface area contributed by atoms with E-state index in [1.807, 2.05) is 25.3 Å². The molecular formula is C15H16N6O2S. The Kier molecular flexibility index (Phi) is 4.61. The van der Waals surface area contributed by atoms with Crippen LogP contribution >= 0.6 is 11.8 Å². The third kappa shape index (κ3) is 3.02. The van der Waals surface area contributed by atoms with Gasteiger partial charge in [-0.15, -0.1) is 15.3 Å². The molecule has 1 aromatic carbocycles. The smallest absolute Gasteiger partial charge is 0.278 e. The first-order chi connectivity index (χ1) is 11.6. The van der Waals surface area contributed by atoms with Crippen LogP contribution in [-0.4, -0.2) is 43.6 Å². The number of carbonyl (C=O) groups is 1. The van der Waals surface area contributed by atoms with Gasteiger partial charge in [0.25, 0.3) is 11.7 Å². The highest BCUT2D eigenvalue weighted by Gasteiger charge is 2.18. The molecule has 1 N–H and O–H groups in total. The Morgan fingerprint density at radius 3 is 2.88 bits per heavy atom. The molecule has 2 heterocycles. The molecule has 2 aromatic heterocycles. The van der Waals surface area contributed by atoms with Crippen LogP contribution in [-0.2, 0) is 0 Å². The van der Waals surface area contributed by atoms with E-state index in [9.17, 15) is 4.79 Å². The Hall–Kier alpha value is -2.68. The monoisotopic (exact) mass is 344 g/mol. The maximum atomic E-state index is 12.6. The molecule has 3 rings (SSSR count). The molecule has 0 saturated heterocycles. The summed E-state index contributed by atoms with van der Waals surface area (Å²) in [7, 11) is 0. The second kappa shape index (κ2) is 6.83. The predicted octanol–water partition coefficient (Wildman–Crippen LogP) is 2.20. The van der Waals surface area contributed by atoms with Crippen LogP contribution in [0, 0.1) is 6.92 Å². The third-order valence-corrected chi connectivity index (χ3v) is 3.84. The number of amides is 1. The van der Waals surface area contributed by atoms with Gasteiger partial charge in [0, 0.05) is 0 Å². The van der Waals surface area contributed by atoms with Crippen molar-refractivity contribution in [2.24, 2.45) is 0 Å². The standard InChI is InChI=1S/C15H16N6O2S/c1-4-23-11-8-6-5-7-10(11)16-13(22)12-9(2)21-14(19-18-12)17-15(20-21)24-3/h5-8H,4H2,1-3H3,(H,16,22). The summed E-state index contributed by atoms with van der Waals surface area (Å²) in [6, 6.07) is 7.23. The van der Waals surface area contributed by atoms with Crippen molar-refractivity contribution in [2.75, 3.05) is 18.2 Å². The van der Waals surface area contributed by atoms with Crippen LogP contribution in [0.25, 0.3) is 5.78 Å². The highest BCUT2D eigenvalue weighted by Crippen LogP contribution is 2.24.